The predicted octanol–water partition coefficient (Wildman–Crippen LogP) is 1.08. The van der Waals surface area contributed by atoms with Crippen molar-refractivity contribution in [1.82, 2.24) is 9.97 Å². The van der Waals surface area contributed by atoms with Crippen LogP contribution in [-0.4, -0.2) is 48.9 Å². The van der Waals surface area contributed by atoms with Gasteiger partial charge in [0.1, 0.15) is 6.10 Å². The molecule has 1 heterocycles. The molecular formula is C10H13BrN2O4S. The van der Waals surface area contributed by atoms with E-state index in [9.17, 15) is 15.0 Å². The molecule has 6 nitrogen and oxygen atoms in total. The van der Waals surface area contributed by atoms with Crippen molar-refractivity contribution in [3.63, 3.8) is 0 Å². The maximum Gasteiger partial charge on any atom is 0.355 e. The van der Waals surface area contributed by atoms with Crippen molar-refractivity contribution in [2.24, 2.45) is 0 Å². The van der Waals surface area contributed by atoms with E-state index in [2.05, 4.69) is 25.9 Å². The van der Waals surface area contributed by atoms with Crippen LogP contribution in [0.1, 0.15) is 28.6 Å². The van der Waals surface area contributed by atoms with E-state index in [1.165, 1.54) is 18.0 Å². The second-order valence-electron chi connectivity index (χ2n) is 3.46. The number of nitrogens with zero attached hydrogens (tertiary/aromatic N) is 2. The molecule has 0 radical (unpaired) electrons. The molecule has 100 valence electrons. The van der Waals surface area contributed by atoms with E-state index in [0.29, 0.717) is 16.9 Å². The van der Waals surface area contributed by atoms with Crippen LogP contribution in [-0.2, 0) is 0 Å². The molecule has 0 fully saturated rings. The summed E-state index contributed by atoms with van der Waals surface area (Å²) in [5.74, 6) is -1.26. The average Bonchev–Trinajstić information content (AvgIpc) is 2.37. The third-order valence-corrected chi connectivity index (χ3v) is 3.29. The van der Waals surface area contributed by atoms with Crippen molar-refractivity contribution >= 4 is 33.7 Å². The Labute approximate surface area is 117 Å². The van der Waals surface area contributed by atoms with E-state index in [4.69, 9.17) is 5.11 Å². The molecule has 0 bridgehead atoms. The molecule has 1 aromatic heterocycles. The second-order valence-corrected chi connectivity index (χ2v) is 5.02. The van der Waals surface area contributed by atoms with E-state index in [1.807, 2.05) is 0 Å². The molecule has 8 heteroatoms. The zero-order valence-corrected chi connectivity index (χ0v) is 12.0. The summed E-state index contributed by atoms with van der Waals surface area (Å²) in [4.78, 5) is 18.8. The highest BCUT2D eigenvalue weighted by Gasteiger charge is 2.25. The molecule has 0 aliphatic carbocycles. The molecule has 0 aromatic carbocycles. The van der Waals surface area contributed by atoms with Crippen LogP contribution in [0.3, 0.4) is 0 Å². The number of halogens is 1. The molecule has 18 heavy (non-hydrogen) atoms. The number of aromatic carboxylic acids is 1. The minimum Gasteiger partial charge on any atom is -0.476 e. The summed E-state index contributed by atoms with van der Waals surface area (Å²) in [5, 5.41) is 29.4. The summed E-state index contributed by atoms with van der Waals surface area (Å²) in [7, 11) is 0. The number of hydrogen-bond donors (Lipinski definition) is 3. The van der Waals surface area contributed by atoms with Gasteiger partial charge in [0.05, 0.1) is 6.10 Å². The SMILES string of the molecule is CSc1ncc(C(O)C(O)CCBr)c(C(=O)O)n1. The summed E-state index contributed by atoms with van der Waals surface area (Å²) >= 11 is 4.34. The number of aliphatic hydroxyl groups excluding tert-OH is 2. The van der Waals surface area contributed by atoms with Gasteiger partial charge in [-0.05, 0) is 12.7 Å². The van der Waals surface area contributed by atoms with E-state index >= 15 is 0 Å². The van der Waals surface area contributed by atoms with Crippen molar-refractivity contribution in [1.29, 1.82) is 0 Å². The number of aliphatic hydroxyl groups is 2. The normalized spacial score (nSPS) is 14.2. The van der Waals surface area contributed by atoms with Gasteiger partial charge in [0, 0.05) is 17.1 Å². The van der Waals surface area contributed by atoms with Gasteiger partial charge in [-0.2, -0.15) is 0 Å². The monoisotopic (exact) mass is 336 g/mol. The summed E-state index contributed by atoms with van der Waals surface area (Å²) in [6, 6.07) is 0. The van der Waals surface area contributed by atoms with Gasteiger partial charge in [0.15, 0.2) is 10.9 Å². The fraction of sp³-hybridized carbons (Fsp3) is 0.500. The lowest BCUT2D eigenvalue weighted by atomic mass is 10.0. The van der Waals surface area contributed by atoms with E-state index in [1.54, 1.807) is 6.26 Å². The molecule has 0 spiro atoms. The third kappa shape index (κ3) is 3.64. The quantitative estimate of drug-likeness (QED) is 0.405. The van der Waals surface area contributed by atoms with Crippen LogP contribution >= 0.6 is 27.7 Å². The van der Waals surface area contributed by atoms with Crippen molar-refractivity contribution in [3.8, 4) is 0 Å². The molecule has 0 saturated heterocycles. The number of carboxylic acids is 1. The topological polar surface area (TPSA) is 104 Å². The largest absolute Gasteiger partial charge is 0.476 e. The molecule has 1 aromatic rings. The fourth-order valence-corrected chi connectivity index (χ4v) is 2.15. The maximum absolute atomic E-state index is 11.1. The molecule has 0 aliphatic heterocycles. The Morgan fingerprint density at radius 3 is 2.72 bits per heavy atom. The van der Waals surface area contributed by atoms with Gasteiger partial charge in [-0.3, -0.25) is 0 Å². The van der Waals surface area contributed by atoms with Crippen molar-refractivity contribution in [2.75, 3.05) is 11.6 Å². The van der Waals surface area contributed by atoms with Crippen LogP contribution in [0.25, 0.3) is 0 Å². The van der Waals surface area contributed by atoms with Gasteiger partial charge in [-0.1, -0.05) is 27.7 Å². The van der Waals surface area contributed by atoms with Crippen LogP contribution in [0.4, 0.5) is 0 Å². The van der Waals surface area contributed by atoms with Gasteiger partial charge in [0.2, 0.25) is 0 Å². The predicted molar refractivity (Wildman–Crippen MR) is 70.1 cm³/mol. The molecule has 3 N–H and O–H groups in total. The first-order chi connectivity index (χ1) is 8.51. The summed E-state index contributed by atoms with van der Waals surface area (Å²) in [6.07, 6.45) is 0.877. The smallest absolute Gasteiger partial charge is 0.355 e. The van der Waals surface area contributed by atoms with Crippen LogP contribution in [0.15, 0.2) is 11.4 Å². The highest BCUT2D eigenvalue weighted by molar-refractivity contribution is 9.09. The fourth-order valence-electron chi connectivity index (χ4n) is 1.34. The van der Waals surface area contributed by atoms with Gasteiger partial charge in [-0.25, -0.2) is 14.8 Å². The first-order valence-corrected chi connectivity index (χ1v) is 7.42. The minimum absolute atomic E-state index is 0.0220. The zero-order valence-electron chi connectivity index (χ0n) is 9.58. The van der Waals surface area contributed by atoms with Gasteiger partial charge in [0.25, 0.3) is 0 Å². The molecular weight excluding hydrogens is 324 g/mol. The molecule has 2 unspecified atom stereocenters. The molecule has 1 rings (SSSR count). The lowest BCUT2D eigenvalue weighted by Gasteiger charge is -2.18. The Kier molecular flexibility index (Phi) is 6.00. The lowest BCUT2D eigenvalue weighted by molar-refractivity contribution is 0.0157. The summed E-state index contributed by atoms with van der Waals surface area (Å²) in [5.41, 5.74) is -0.260. The third-order valence-electron chi connectivity index (χ3n) is 2.27. The molecule has 0 saturated carbocycles. The average molecular weight is 337 g/mol. The van der Waals surface area contributed by atoms with Gasteiger partial charge in [-0.15, -0.1) is 0 Å². The van der Waals surface area contributed by atoms with E-state index < -0.39 is 18.2 Å². The standard InChI is InChI=1S/C10H13BrN2O4S/c1-18-10-12-4-5(7(13-10)9(16)17)8(15)6(14)2-3-11/h4,6,8,14-15H,2-3H2,1H3,(H,16,17). The number of hydrogen-bond acceptors (Lipinski definition) is 6. The highest BCUT2D eigenvalue weighted by atomic mass is 79.9. The number of carbonyl (C=O) groups is 1. The number of alkyl halides is 1. The van der Waals surface area contributed by atoms with Gasteiger partial charge >= 0.3 is 5.97 Å². The number of thioether (sulfide) groups is 1. The van der Waals surface area contributed by atoms with Gasteiger partial charge < -0.3 is 15.3 Å². The molecule has 0 amide bonds. The number of aromatic nitrogens is 2. The Hall–Kier alpha value is -0.700. The number of carboxylic acid groups (broad SMARTS) is 1. The van der Waals surface area contributed by atoms with Crippen molar-refractivity contribution in [2.45, 2.75) is 23.8 Å². The Morgan fingerprint density at radius 1 is 1.56 bits per heavy atom. The Bertz CT molecular complexity index is 432. The summed E-state index contributed by atoms with van der Waals surface area (Å²) < 4.78 is 0. The maximum atomic E-state index is 11.1. The molecule has 2 atom stereocenters. The van der Waals surface area contributed by atoms with Crippen LogP contribution < -0.4 is 0 Å². The van der Waals surface area contributed by atoms with Crippen LogP contribution in [0.2, 0.25) is 0 Å². The Morgan fingerprint density at radius 2 is 2.22 bits per heavy atom. The minimum atomic E-state index is -1.32. The zero-order chi connectivity index (χ0) is 13.7. The van der Waals surface area contributed by atoms with Crippen LogP contribution in [0.5, 0.6) is 0 Å². The lowest BCUT2D eigenvalue weighted by Crippen LogP contribution is -2.22. The van der Waals surface area contributed by atoms with Crippen molar-refractivity contribution in [3.05, 3.63) is 17.5 Å². The second kappa shape index (κ2) is 7.03. The first kappa shape index (κ1) is 15.4. The Balaban J connectivity index is 3.10. The number of rotatable bonds is 6. The van der Waals surface area contributed by atoms with E-state index in [0.717, 1.165) is 0 Å². The first-order valence-electron chi connectivity index (χ1n) is 5.07. The van der Waals surface area contributed by atoms with Crippen LogP contribution in [0, 0.1) is 0 Å². The summed E-state index contributed by atoms with van der Waals surface area (Å²) in [6.45, 7) is 0. The molecule has 0 aliphatic rings. The highest BCUT2D eigenvalue weighted by Crippen LogP contribution is 2.23. The van der Waals surface area contributed by atoms with E-state index in [-0.39, 0.29) is 11.3 Å². The van der Waals surface area contributed by atoms with Crippen molar-refractivity contribution < 1.29 is 20.1 Å².